The summed E-state index contributed by atoms with van der Waals surface area (Å²) in [6.45, 7) is 0. The minimum Gasteiger partial charge on any atom is -0.481 e. The summed E-state index contributed by atoms with van der Waals surface area (Å²) >= 11 is 0. The van der Waals surface area contributed by atoms with Gasteiger partial charge in [-0.1, -0.05) is 0 Å². The maximum atomic E-state index is 10.7. The number of carbonyl (C=O) groups is 1. The van der Waals surface area contributed by atoms with Crippen molar-refractivity contribution in [1.82, 2.24) is 9.55 Å². The molecule has 1 aromatic heterocycles. The van der Waals surface area contributed by atoms with Crippen LogP contribution < -0.4 is 0 Å². The third-order valence-corrected chi connectivity index (χ3v) is 2.82. The molecule has 70 valence electrons. The average Bonchev–Trinajstić information content (AvgIpc) is 2.48. The molecule has 1 aromatic rings. The topological polar surface area (TPSA) is 55.1 Å². The largest absolute Gasteiger partial charge is 0.481 e. The van der Waals surface area contributed by atoms with E-state index in [9.17, 15) is 4.79 Å². The molecule has 1 aliphatic rings. The Bertz CT molecular complexity index is 301. The molecule has 2 rings (SSSR count). The highest BCUT2D eigenvalue weighted by Gasteiger charge is 2.40. The molecule has 1 fully saturated rings. The molecule has 1 N–H and O–H groups in total. The molecule has 0 spiro atoms. The summed E-state index contributed by atoms with van der Waals surface area (Å²) in [5.41, 5.74) is -0.178. The number of carboxylic acid groups (broad SMARTS) is 1. The van der Waals surface area contributed by atoms with Gasteiger partial charge in [0.1, 0.15) is 0 Å². The van der Waals surface area contributed by atoms with Gasteiger partial charge in [0.05, 0.1) is 18.3 Å². The van der Waals surface area contributed by atoms with Crippen LogP contribution in [0.15, 0.2) is 18.7 Å². The number of hydrogen-bond donors (Lipinski definition) is 1. The number of nitrogens with zero attached hydrogens (tertiary/aromatic N) is 2. The number of aliphatic carboxylic acids is 1. The lowest BCUT2D eigenvalue weighted by atomic mass is 9.74. The smallest absolute Gasteiger partial charge is 0.305 e. The van der Waals surface area contributed by atoms with Crippen molar-refractivity contribution < 1.29 is 9.90 Å². The molecule has 1 heterocycles. The zero-order valence-corrected chi connectivity index (χ0v) is 7.31. The van der Waals surface area contributed by atoms with Crippen molar-refractivity contribution >= 4 is 5.97 Å². The molecule has 0 saturated heterocycles. The van der Waals surface area contributed by atoms with Crippen molar-refractivity contribution in [2.75, 3.05) is 0 Å². The summed E-state index contributed by atoms with van der Waals surface area (Å²) in [5.74, 6) is -0.728. The minimum absolute atomic E-state index is 0.178. The van der Waals surface area contributed by atoms with Crippen molar-refractivity contribution in [3.05, 3.63) is 18.7 Å². The third kappa shape index (κ3) is 1.32. The summed E-state index contributed by atoms with van der Waals surface area (Å²) in [5, 5.41) is 8.78. The molecule has 0 aromatic carbocycles. The molecule has 1 saturated carbocycles. The standard InChI is InChI=1S/C9H12N2O2/c12-8(13)6-9(2-1-3-9)11-5-4-10-7-11/h4-5,7H,1-3,6H2,(H,12,13). The molecule has 4 nitrogen and oxygen atoms in total. The maximum Gasteiger partial charge on any atom is 0.305 e. The van der Waals surface area contributed by atoms with Crippen LogP contribution in [0.5, 0.6) is 0 Å². The zero-order chi connectivity index (χ0) is 9.31. The first kappa shape index (κ1) is 8.29. The van der Waals surface area contributed by atoms with Gasteiger partial charge in [0.25, 0.3) is 0 Å². The van der Waals surface area contributed by atoms with Crippen LogP contribution in [0.3, 0.4) is 0 Å². The van der Waals surface area contributed by atoms with E-state index in [1.54, 1.807) is 12.5 Å². The monoisotopic (exact) mass is 180 g/mol. The van der Waals surface area contributed by atoms with Crippen molar-refractivity contribution in [3.8, 4) is 0 Å². The zero-order valence-electron chi connectivity index (χ0n) is 7.31. The molecule has 0 aliphatic heterocycles. The number of imidazole rings is 1. The number of hydrogen-bond acceptors (Lipinski definition) is 2. The van der Waals surface area contributed by atoms with Crippen LogP contribution in [0.4, 0.5) is 0 Å². The normalized spacial score (nSPS) is 19.4. The molecule has 0 radical (unpaired) electrons. The Morgan fingerprint density at radius 3 is 2.77 bits per heavy atom. The van der Waals surface area contributed by atoms with Gasteiger partial charge in [-0.15, -0.1) is 0 Å². The summed E-state index contributed by atoms with van der Waals surface area (Å²) in [6.07, 6.45) is 8.49. The summed E-state index contributed by atoms with van der Waals surface area (Å²) < 4.78 is 1.94. The van der Waals surface area contributed by atoms with Crippen LogP contribution in [0, 0.1) is 0 Å². The first-order valence-electron chi connectivity index (χ1n) is 4.43. The molecular formula is C9H12N2O2. The van der Waals surface area contributed by atoms with E-state index < -0.39 is 5.97 Å². The Balaban J connectivity index is 2.20. The highest BCUT2D eigenvalue weighted by molar-refractivity contribution is 5.68. The quantitative estimate of drug-likeness (QED) is 0.761. The van der Waals surface area contributed by atoms with Crippen LogP contribution in [-0.4, -0.2) is 20.6 Å². The van der Waals surface area contributed by atoms with E-state index in [2.05, 4.69) is 4.98 Å². The first-order valence-corrected chi connectivity index (χ1v) is 4.43. The lowest BCUT2D eigenvalue weighted by Crippen LogP contribution is -2.41. The van der Waals surface area contributed by atoms with Crippen molar-refractivity contribution in [3.63, 3.8) is 0 Å². The molecule has 0 atom stereocenters. The lowest BCUT2D eigenvalue weighted by molar-refractivity contribution is -0.140. The van der Waals surface area contributed by atoms with Crippen molar-refractivity contribution in [2.24, 2.45) is 0 Å². The molecule has 0 amide bonds. The van der Waals surface area contributed by atoms with Gasteiger partial charge in [-0.05, 0) is 19.3 Å². The minimum atomic E-state index is -0.728. The van der Waals surface area contributed by atoms with Gasteiger partial charge in [-0.3, -0.25) is 4.79 Å². The van der Waals surface area contributed by atoms with Crippen LogP contribution in [-0.2, 0) is 10.3 Å². The van der Waals surface area contributed by atoms with Gasteiger partial charge in [-0.2, -0.15) is 0 Å². The van der Waals surface area contributed by atoms with Gasteiger partial charge >= 0.3 is 5.97 Å². The van der Waals surface area contributed by atoms with E-state index in [0.29, 0.717) is 0 Å². The second-order valence-corrected chi connectivity index (χ2v) is 3.62. The lowest BCUT2D eigenvalue weighted by Gasteiger charge is -2.41. The van der Waals surface area contributed by atoms with E-state index in [1.165, 1.54) is 0 Å². The van der Waals surface area contributed by atoms with Crippen LogP contribution in [0.2, 0.25) is 0 Å². The van der Waals surface area contributed by atoms with E-state index in [-0.39, 0.29) is 12.0 Å². The maximum absolute atomic E-state index is 10.7. The highest BCUT2D eigenvalue weighted by Crippen LogP contribution is 2.41. The average molecular weight is 180 g/mol. The van der Waals surface area contributed by atoms with Crippen LogP contribution in [0.1, 0.15) is 25.7 Å². The first-order chi connectivity index (χ1) is 6.23. The van der Waals surface area contributed by atoms with E-state index >= 15 is 0 Å². The highest BCUT2D eigenvalue weighted by atomic mass is 16.4. The Hall–Kier alpha value is -1.32. The Labute approximate surface area is 76.2 Å². The van der Waals surface area contributed by atoms with Gasteiger partial charge in [-0.25, -0.2) is 4.98 Å². The Morgan fingerprint density at radius 2 is 2.38 bits per heavy atom. The van der Waals surface area contributed by atoms with Gasteiger partial charge in [0.2, 0.25) is 0 Å². The number of aromatic nitrogens is 2. The molecule has 1 aliphatic carbocycles. The molecule has 4 heteroatoms. The summed E-state index contributed by atoms with van der Waals surface area (Å²) in [6, 6.07) is 0. The summed E-state index contributed by atoms with van der Waals surface area (Å²) in [7, 11) is 0. The third-order valence-electron chi connectivity index (χ3n) is 2.82. The van der Waals surface area contributed by atoms with Crippen molar-refractivity contribution in [1.29, 1.82) is 0 Å². The molecule has 0 unspecified atom stereocenters. The predicted octanol–water partition coefficient (Wildman–Crippen LogP) is 1.24. The predicted molar refractivity (Wildman–Crippen MR) is 46.3 cm³/mol. The SMILES string of the molecule is O=C(O)CC1(n2ccnc2)CCC1. The van der Waals surface area contributed by atoms with Crippen molar-refractivity contribution in [2.45, 2.75) is 31.2 Å². The molecule has 13 heavy (non-hydrogen) atoms. The van der Waals surface area contributed by atoms with E-state index in [0.717, 1.165) is 19.3 Å². The fraction of sp³-hybridized carbons (Fsp3) is 0.556. The number of rotatable bonds is 3. The van der Waals surface area contributed by atoms with Crippen LogP contribution in [0.25, 0.3) is 0 Å². The fourth-order valence-electron chi connectivity index (χ4n) is 1.93. The van der Waals surface area contributed by atoms with E-state index in [1.807, 2.05) is 10.8 Å². The Kier molecular flexibility index (Phi) is 1.83. The molecule has 0 bridgehead atoms. The second-order valence-electron chi connectivity index (χ2n) is 3.62. The van der Waals surface area contributed by atoms with Gasteiger partial charge in [0, 0.05) is 12.4 Å². The number of carboxylic acids is 1. The second kappa shape index (κ2) is 2.87. The van der Waals surface area contributed by atoms with E-state index in [4.69, 9.17) is 5.11 Å². The molecular weight excluding hydrogens is 168 g/mol. The van der Waals surface area contributed by atoms with Gasteiger partial charge in [0.15, 0.2) is 0 Å². The van der Waals surface area contributed by atoms with Crippen LogP contribution >= 0.6 is 0 Å². The van der Waals surface area contributed by atoms with Gasteiger partial charge < -0.3 is 9.67 Å². The Morgan fingerprint density at radius 1 is 1.62 bits per heavy atom. The fourth-order valence-corrected chi connectivity index (χ4v) is 1.93. The summed E-state index contributed by atoms with van der Waals surface area (Å²) in [4.78, 5) is 14.6.